The maximum absolute atomic E-state index is 11.6. The second-order valence-electron chi connectivity index (χ2n) is 7.21. The topological polar surface area (TPSA) is 121 Å². The Kier molecular flexibility index (Phi) is 7.30. The molecule has 0 fully saturated rings. The highest BCUT2D eigenvalue weighted by Crippen LogP contribution is 2.21. The van der Waals surface area contributed by atoms with E-state index in [0.717, 1.165) is 11.1 Å². The summed E-state index contributed by atoms with van der Waals surface area (Å²) in [4.78, 5) is 42.5. The maximum atomic E-state index is 11.6. The van der Waals surface area contributed by atoms with Crippen LogP contribution in [0.2, 0.25) is 0 Å². The molecule has 8 heteroatoms. The van der Waals surface area contributed by atoms with Crippen molar-refractivity contribution in [3.8, 4) is 0 Å². The SMILES string of the molecule is COC(=O)c1ccnc2ccc(CC(C)=O)cc12.COC(=O)c1ccnc2ccc(N)cc12. The summed E-state index contributed by atoms with van der Waals surface area (Å²) in [6.45, 7) is 1.54. The average molecular weight is 445 g/mol. The summed E-state index contributed by atoms with van der Waals surface area (Å²) in [5.41, 5.74) is 9.51. The summed E-state index contributed by atoms with van der Waals surface area (Å²) in [6.07, 6.45) is 3.50. The number of rotatable bonds is 4. The molecule has 0 spiro atoms. The lowest BCUT2D eigenvalue weighted by atomic mass is 10.0. The highest BCUT2D eigenvalue weighted by Gasteiger charge is 2.12. The molecule has 2 heterocycles. The Morgan fingerprint density at radius 3 is 1.82 bits per heavy atom. The molecule has 4 rings (SSSR count). The van der Waals surface area contributed by atoms with Crippen LogP contribution in [0.3, 0.4) is 0 Å². The summed E-state index contributed by atoms with van der Waals surface area (Å²) < 4.78 is 9.41. The van der Waals surface area contributed by atoms with Gasteiger partial charge in [-0.1, -0.05) is 6.07 Å². The molecule has 2 N–H and O–H groups in total. The minimum absolute atomic E-state index is 0.0814. The standard InChI is InChI=1S/C14H13NO3.C11H10N2O2/c1-9(16)7-10-3-4-13-12(8-10)11(5-6-15-13)14(17)18-2;1-15-11(14)8-4-5-13-10-3-2-7(12)6-9(8)10/h3-6,8H,7H2,1-2H3;2-6H,12H2,1H3. The Morgan fingerprint density at radius 1 is 0.788 bits per heavy atom. The van der Waals surface area contributed by atoms with Gasteiger partial charge in [-0.2, -0.15) is 0 Å². The minimum Gasteiger partial charge on any atom is -0.465 e. The van der Waals surface area contributed by atoms with Gasteiger partial charge in [-0.15, -0.1) is 0 Å². The molecular weight excluding hydrogens is 422 g/mol. The van der Waals surface area contributed by atoms with E-state index in [1.807, 2.05) is 12.1 Å². The molecule has 0 atom stereocenters. The van der Waals surface area contributed by atoms with Crippen molar-refractivity contribution in [2.24, 2.45) is 0 Å². The van der Waals surface area contributed by atoms with Crippen molar-refractivity contribution >= 4 is 45.2 Å². The number of benzene rings is 2. The molecule has 0 aliphatic rings. The number of ketones is 1. The molecule has 168 valence electrons. The molecule has 0 unspecified atom stereocenters. The third-order valence-electron chi connectivity index (χ3n) is 4.84. The number of hydrogen-bond donors (Lipinski definition) is 1. The lowest BCUT2D eigenvalue weighted by molar-refractivity contribution is -0.116. The van der Waals surface area contributed by atoms with Crippen LogP contribution in [-0.2, 0) is 20.7 Å². The highest BCUT2D eigenvalue weighted by atomic mass is 16.5. The quantitative estimate of drug-likeness (QED) is 0.372. The number of carbonyl (C=O) groups is 3. The van der Waals surface area contributed by atoms with Gasteiger partial charge < -0.3 is 15.2 Å². The average Bonchev–Trinajstić information content (AvgIpc) is 2.82. The first-order valence-electron chi connectivity index (χ1n) is 10.0. The summed E-state index contributed by atoms with van der Waals surface area (Å²) in [6, 6.07) is 13.9. The summed E-state index contributed by atoms with van der Waals surface area (Å²) >= 11 is 0. The summed E-state index contributed by atoms with van der Waals surface area (Å²) in [5.74, 6) is -0.701. The zero-order valence-corrected chi connectivity index (χ0v) is 18.5. The summed E-state index contributed by atoms with van der Waals surface area (Å²) in [5, 5.41) is 1.42. The lowest BCUT2D eigenvalue weighted by Gasteiger charge is -2.06. The molecule has 4 aromatic rings. The largest absolute Gasteiger partial charge is 0.465 e. The van der Waals surface area contributed by atoms with E-state index in [-0.39, 0.29) is 11.8 Å². The number of aromatic nitrogens is 2. The van der Waals surface area contributed by atoms with Crippen molar-refractivity contribution in [1.29, 1.82) is 0 Å². The number of Topliss-reactive ketones (excluding diaryl/α,β-unsaturated/α-hetero) is 1. The first-order chi connectivity index (χ1) is 15.8. The molecule has 2 aromatic carbocycles. The second kappa shape index (κ2) is 10.3. The van der Waals surface area contributed by atoms with Crippen molar-refractivity contribution in [3.05, 3.63) is 77.6 Å². The molecule has 2 aromatic heterocycles. The van der Waals surface area contributed by atoms with E-state index in [2.05, 4.69) is 14.7 Å². The van der Waals surface area contributed by atoms with Crippen molar-refractivity contribution in [2.75, 3.05) is 20.0 Å². The summed E-state index contributed by atoms with van der Waals surface area (Å²) in [7, 11) is 2.69. The number of hydrogen-bond acceptors (Lipinski definition) is 8. The molecule has 0 saturated carbocycles. The van der Waals surface area contributed by atoms with Crippen LogP contribution in [0.1, 0.15) is 33.2 Å². The molecule has 0 saturated heterocycles. The van der Waals surface area contributed by atoms with Gasteiger partial charge in [0.1, 0.15) is 5.78 Å². The molecule has 0 aliphatic carbocycles. The van der Waals surface area contributed by atoms with Gasteiger partial charge in [0.25, 0.3) is 0 Å². The molecule has 8 nitrogen and oxygen atoms in total. The Morgan fingerprint density at radius 2 is 1.30 bits per heavy atom. The van der Waals surface area contributed by atoms with E-state index >= 15 is 0 Å². The number of methoxy groups -OCH3 is 2. The number of pyridine rings is 2. The predicted octanol–water partition coefficient (Wildman–Crippen LogP) is 3.76. The van der Waals surface area contributed by atoms with Crippen molar-refractivity contribution in [2.45, 2.75) is 13.3 Å². The Labute approximate surface area is 190 Å². The number of fused-ring (bicyclic) bond motifs is 2. The number of carbonyl (C=O) groups excluding carboxylic acids is 3. The van der Waals surface area contributed by atoms with Gasteiger partial charge in [0, 0.05) is 35.3 Å². The normalized spacial score (nSPS) is 10.3. The van der Waals surface area contributed by atoms with E-state index < -0.39 is 5.97 Å². The smallest absolute Gasteiger partial charge is 0.338 e. The van der Waals surface area contributed by atoms with Gasteiger partial charge in [-0.3, -0.25) is 14.8 Å². The number of nitrogens with zero attached hydrogens (tertiary/aromatic N) is 2. The number of anilines is 1. The van der Waals surface area contributed by atoms with Crippen LogP contribution in [0.5, 0.6) is 0 Å². The van der Waals surface area contributed by atoms with Crippen molar-refractivity contribution in [1.82, 2.24) is 9.97 Å². The third kappa shape index (κ3) is 5.48. The minimum atomic E-state index is -0.401. The van der Waals surface area contributed by atoms with Crippen molar-refractivity contribution in [3.63, 3.8) is 0 Å². The number of ether oxygens (including phenoxy) is 2. The zero-order chi connectivity index (χ0) is 24.0. The number of nitrogen functional groups attached to an aromatic ring is 1. The second-order valence-corrected chi connectivity index (χ2v) is 7.21. The predicted molar refractivity (Wildman–Crippen MR) is 125 cm³/mol. The fourth-order valence-corrected chi connectivity index (χ4v) is 3.33. The Hall–Kier alpha value is -4.33. The fraction of sp³-hybridized carbons (Fsp3) is 0.160. The van der Waals surface area contributed by atoms with E-state index in [0.29, 0.717) is 39.5 Å². The third-order valence-corrected chi connectivity index (χ3v) is 4.84. The van der Waals surface area contributed by atoms with Crippen LogP contribution in [0, 0.1) is 0 Å². The lowest BCUT2D eigenvalue weighted by Crippen LogP contribution is -2.03. The molecule has 0 radical (unpaired) electrons. The van der Waals surface area contributed by atoms with Gasteiger partial charge in [-0.25, -0.2) is 9.59 Å². The monoisotopic (exact) mass is 445 g/mol. The van der Waals surface area contributed by atoms with Crippen LogP contribution < -0.4 is 5.73 Å². The zero-order valence-electron chi connectivity index (χ0n) is 18.5. The first-order valence-corrected chi connectivity index (χ1v) is 10.0. The van der Waals surface area contributed by atoms with Gasteiger partial charge >= 0.3 is 11.9 Å². The van der Waals surface area contributed by atoms with Crippen LogP contribution >= 0.6 is 0 Å². The van der Waals surface area contributed by atoms with Gasteiger partial charge in [0.15, 0.2) is 0 Å². The van der Waals surface area contributed by atoms with Gasteiger partial charge in [0.2, 0.25) is 0 Å². The molecule has 0 aliphatic heterocycles. The molecule has 0 amide bonds. The molecule has 33 heavy (non-hydrogen) atoms. The van der Waals surface area contributed by atoms with Gasteiger partial charge in [0.05, 0.1) is 36.4 Å². The Balaban J connectivity index is 0.000000189. The van der Waals surface area contributed by atoms with Gasteiger partial charge in [-0.05, 0) is 55.0 Å². The maximum Gasteiger partial charge on any atom is 0.338 e. The molecular formula is C25H23N3O5. The highest BCUT2D eigenvalue weighted by molar-refractivity contribution is 6.04. The van der Waals surface area contributed by atoms with Crippen molar-refractivity contribution < 1.29 is 23.9 Å². The van der Waals surface area contributed by atoms with Crippen LogP contribution in [0.25, 0.3) is 21.8 Å². The first kappa shape index (κ1) is 23.3. The van der Waals surface area contributed by atoms with E-state index in [9.17, 15) is 14.4 Å². The Bertz CT molecular complexity index is 1350. The van der Waals surface area contributed by atoms with E-state index in [4.69, 9.17) is 10.5 Å². The van der Waals surface area contributed by atoms with E-state index in [1.54, 1.807) is 48.8 Å². The number of nitrogens with two attached hydrogens (primary N) is 1. The van der Waals surface area contributed by atoms with Crippen LogP contribution in [0.4, 0.5) is 5.69 Å². The number of esters is 2. The fourth-order valence-electron chi connectivity index (χ4n) is 3.33. The van der Waals surface area contributed by atoms with Crippen LogP contribution in [0.15, 0.2) is 60.9 Å². The van der Waals surface area contributed by atoms with E-state index in [1.165, 1.54) is 21.1 Å². The molecule has 0 bridgehead atoms. The van der Waals surface area contributed by atoms with Crippen LogP contribution in [-0.4, -0.2) is 41.9 Å².